The summed E-state index contributed by atoms with van der Waals surface area (Å²) in [7, 11) is 2.11. The lowest BCUT2D eigenvalue weighted by Crippen LogP contribution is -2.52. The molecule has 3 nitrogen and oxygen atoms in total. The van der Waals surface area contributed by atoms with E-state index in [1.54, 1.807) is 0 Å². The average Bonchev–Trinajstić information content (AvgIpc) is 2.30. The van der Waals surface area contributed by atoms with Gasteiger partial charge in [-0.3, -0.25) is 4.90 Å². The van der Waals surface area contributed by atoms with Crippen LogP contribution in [0.1, 0.15) is 11.6 Å². The van der Waals surface area contributed by atoms with Gasteiger partial charge in [0.05, 0.1) is 6.61 Å². The minimum absolute atomic E-state index is 0.214. The second-order valence-electron chi connectivity index (χ2n) is 4.15. The largest absolute Gasteiger partial charge is 0.395 e. The first kappa shape index (κ1) is 10.6. The Balaban J connectivity index is 2.06. The molecule has 0 spiro atoms. The Hall–Kier alpha value is -0.900. The van der Waals surface area contributed by atoms with Crippen LogP contribution in [-0.4, -0.2) is 42.8 Å². The number of aliphatic hydroxyl groups is 1. The number of likely N-dealkylation sites (N-methyl/N-ethyl adjacent to an activating group) is 1. The van der Waals surface area contributed by atoms with Crippen molar-refractivity contribution in [3.05, 3.63) is 35.9 Å². The van der Waals surface area contributed by atoms with Crippen LogP contribution in [0.15, 0.2) is 30.3 Å². The van der Waals surface area contributed by atoms with Crippen LogP contribution >= 0.6 is 0 Å². The van der Waals surface area contributed by atoms with Crippen molar-refractivity contribution in [2.45, 2.75) is 12.1 Å². The topological polar surface area (TPSA) is 35.5 Å². The van der Waals surface area contributed by atoms with E-state index < -0.39 is 0 Å². The minimum atomic E-state index is 0.214. The van der Waals surface area contributed by atoms with Crippen molar-refractivity contribution in [2.75, 3.05) is 26.7 Å². The van der Waals surface area contributed by atoms with Crippen LogP contribution in [0.4, 0.5) is 0 Å². The first-order valence-corrected chi connectivity index (χ1v) is 5.40. The molecule has 1 aromatic rings. The van der Waals surface area contributed by atoms with E-state index in [2.05, 4.69) is 41.5 Å². The summed E-state index contributed by atoms with van der Waals surface area (Å²) in [5.74, 6) is 0. The number of nitrogens with zero attached hydrogens (tertiary/aromatic N) is 1. The summed E-state index contributed by atoms with van der Waals surface area (Å²) >= 11 is 0. The van der Waals surface area contributed by atoms with Gasteiger partial charge in [-0.25, -0.2) is 0 Å². The van der Waals surface area contributed by atoms with Gasteiger partial charge in [0.2, 0.25) is 0 Å². The van der Waals surface area contributed by atoms with Crippen LogP contribution in [0.5, 0.6) is 0 Å². The molecule has 2 atom stereocenters. The molecule has 15 heavy (non-hydrogen) atoms. The predicted molar refractivity (Wildman–Crippen MR) is 60.7 cm³/mol. The van der Waals surface area contributed by atoms with Crippen molar-refractivity contribution in [1.29, 1.82) is 0 Å². The van der Waals surface area contributed by atoms with E-state index in [1.807, 2.05) is 6.07 Å². The zero-order chi connectivity index (χ0) is 10.7. The third-order valence-corrected chi connectivity index (χ3v) is 3.05. The summed E-state index contributed by atoms with van der Waals surface area (Å²) in [6.07, 6.45) is 0. The van der Waals surface area contributed by atoms with Crippen molar-refractivity contribution in [1.82, 2.24) is 10.2 Å². The fourth-order valence-corrected chi connectivity index (χ4v) is 2.14. The van der Waals surface area contributed by atoms with Gasteiger partial charge in [0.1, 0.15) is 0 Å². The van der Waals surface area contributed by atoms with Gasteiger partial charge in [-0.2, -0.15) is 0 Å². The van der Waals surface area contributed by atoms with Crippen molar-refractivity contribution in [3.63, 3.8) is 0 Å². The quantitative estimate of drug-likeness (QED) is 0.745. The second-order valence-corrected chi connectivity index (χ2v) is 4.15. The van der Waals surface area contributed by atoms with Gasteiger partial charge in [0.25, 0.3) is 0 Å². The highest BCUT2D eigenvalue weighted by atomic mass is 16.3. The molecule has 1 fully saturated rings. The summed E-state index contributed by atoms with van der Waals surface area (Å²) in [4.78, 5) is 2.30. The summed E-state index contributed by atoms with van der Waals surface area (Å²) in [5.41, 5.74) is 1.34. The average molecular weight is 206 g/mol. The molecule has 82 valence electrons. The van der Waals surface area contributed by atoms with Gasteiger partial charge in [0.15, 0.2) is 0 Å². The van der Waals surface area contributed by atoms with Crippen molar-refractivity contribution < 1.29 is 5.11 Å². The maximum absolute atomic E-state index is 9.08. The van der Waals surface area contributed by atoms with E-state index >= 15 is 0 Å². The summed E-state index contributed by atoms with van der Waals surface area (Å²) in [6.45, 7) is 2.02. The molecule has 0 bridgehead atoms. The number of piperazine rings is 1. The molecular formula is C12H18N2O. The van der Waals surface area contributed by atoms with Crippen molar-refractivity contribution >= 4 is 0 Å². The van der Waals surface area contributed by atoms with Gasteiger partial charge in [-0.1, -0.05) is 30.3 Å². The van der Waals surface area contributed by atoms with Crippen LogP contribution < -0.4 is 5.32 Å². The van der Waals surface area contributed by atoms with Gasteiger partial charge >= 0.3 is 0 Å². The number of benzene rings is 1. The van der Waals surface area contributed by atoms with Gasteiger partial charge in [-0.05, 0) is 12.6 Å². The normalized spacial score (nSPS) is 27.9. The Morgan fingerprint density at radius 2 is 2.13 bits per heavy atom. The highest BCUT2D eigenvalue weighted by Crippen LogP contribution is 2.21. The fraction of sp³-hybridized carbons (Fsp3) is 0.500. The number of hydrogen-bond donors (Lipinski definition) is 2. The minimum Gasteiger partial charge on any atom is -0.395 e. The number of rotatable bonds is 2. The Kier molecular flexibility index (Phi) is 3.36. The lowest BCUT2D eigenvalue weighted by Gasteiger charge is -2.37. The van der Waals surface area contributed by atoms with Crippen LogP contribution in [0.2, 0.25) is 0 Å². The fourth-order valence-electron chi connectivity index (χ4n) is 2.14. The second kappa shape index (κ2) is 4.75. The van der Waals surface area contributed by atoms with Gasteiger partial charge in [-0.15, -0.1) is 0 Å². The molecule has 0 saturated carbocycles. The number of hydrogen-bond acceptors (Lipinski definition) is 3. The third kappa shape index (κ3) is 2.37. The summed E-state index contributed by atoms with van der Waals surface area (Å²) in [5, 5.41) is 12.4. The van der Waals surface area contributed by atoms with Crippen LogP contribution in [0, 0.1) is 0 Å². The van der Waals surface area contributed by atoms with Crippen LogP contribution in [0.25, 0.3) is 0 Å². The summed E-state index contributed by atoms with van der Waals surface area (Å²) < 4.78 is 0. The van der Waals surface area contributed by atoms with E-state index in [-0.39, 0.29) is 12.6 Å². The van der Waals surface area contributed by atoms with E-state index in [0.717, 1.165) is 13.1 Å². The highest BCUT2D eigenvalue weighted by Gasteiger charge is 2.25. The zero-order valence-electron chi connectivity index (χ0n) is 9.06. The molecule has 0 radical (unpaired) electrons. The highest BCUT2D eigenvalue weighted by molar-refractivity contribution is 5.20. The lowest BCUT2D eigenvalue weighted by molar-refractivity contribution is 0.124. The van der Waals surface area contributed by atoms with Crippen LogP contribution in [0.3, 0.4) is 0 Å². The molecule has 2 N–H and O–H groups in total. The molecule has 3 heteroatoms. The monoisotopic (exact) mass is 206 g/mol. The molecule has 2 unspecified atom stereocenters. The van der Waals surface area contributed by atoms with Crippen molar-refractivity contribution in [3.8, 4) is 0 Å². The van der Waals surface area contributed by atoms with Crippen molar-refractivity contribution in [2.24, 2.45) is 0 Å². The van der Waals surface area contributed by atoms with E-state index in [0.29, 0.717) is 6.04 Å². The number of aliphatic hydroxyl groups excluding tert-OH is 1. The molecule has 0 aromatic heterocycles. The smallest absolute Gasteiger partial charge is 0.0597 e. The molecule has 1 aromatic carbocycles. The van der Waals surface area contributed by atoms with E-state index in [1.165, 1.54) is 5.56 Å². The van der Waals surface area contributed by atoms with Crippen LogP contribution in [-0.2, 0) is 0 Å². The molecule has 1 aliphatic heterocycles. The Morgan fingerprint density at radius 3 is 2.73 bits per heavy atom. The standard InChI is InChI=1S/C12H18N2O/c1-14-8-11(9-15)13-7-12(14)10-5-3-2-4-6-10/h2-6,11-13,15H,7-9H2,1H3. The predicted octanol–water partition coefficient (Wildman–Crippen LogP) is 0.624. The molecule has 0 aliphatic carbocycles. The maximum Gasteiger partial charge on any atom is 0.0597 e. The molecular weight excluding hydrogens is 188 g/mol. The molecule has 1 heterocycles. The first-order valence-electron chi connectivity index (χ1n) is 5.40. The van der Waals surface area contributed by atoms with E-state index in [9.17, 15) is 0 Å². The SMILES string of the molecule is CN1CC(CO)NCC1c1ccccc1. The molecule has 1 aliphatic rings. The molecule has 1 saturated heterocycles. The Bertz CT molecular complexity index is 302. The summed E-state index contributed by atoms with van der Waals surface area (Å²) in [6, 6.07) is 11.1. The van der Waals surface area contributed by atoms with Gasteiger partial charge in [0, 0.05) is 25.2 Å². The third-order valence-electron chi connectivity index (χ3n) is 3.05. The Labute approximate surface area is 90.7 Å². The maximum atomic E-state index is 9.08. The molecule has 2 rings (SSSR count). The van der Waals surface area contributed by atoms with Gasteiger partial charge < -0.3 is 10.4 Å². The van der Waals surface area contributed by atoms with E-state index in [4.69, 9.17) is 5.11 Å². The number of nitrogens with one attached hydrogen (secondary N) is 1. The molecule has 0 amide bonds. The Morgan fingerprint density at radius 1 is 1.40 bits per heavy atom. The lowest BCUT2D eigenvalue weighted by atomic mass is 10.0. The zero-order valence-corrected chi connectivity index (χ0v) is 9.06. The first-order chi connectivity index (χ1) is 7.31.